The third kappa shape index (κ3) is 1.12. The Labute approximate surface area is 79.9 Å². The zero-order valence-electron chi connectivity index (χ0n) is 7.57. The van der Waals surface area contributed by atoms with Crippen LogP contribution in [-0.4, -0.2) is 11.1 Å². The van der Waals surface area contributed by atoms with E-state index in [1.54, 1.807) is 12.1 Å². The van der Waals surface area contributed by atoms with Gasteiger partial charge in [-0.05, 0) is 18.6 Å². The number of carboxylic acids is 1. The molecule has 0 spiro atoms. The molecule has 0 amide bonds. The first-order valence-electron chi connectivity index (χ1n) is 4.11. The molecule has 0 unspecified atom stereocenters. The van der Waals surface area contributed by atoms with Gasteiger partial charge in [-0.25, -0.2) is 4.79 Å². The smallest absolute Gasteiger partial charge is 0.371 e. The first kappa shape index (κ1) is 8.62. The molecular weight excluding hydrogens is 182 g/mol. The van der Waals surface area contributed by atoms with Crippen molar-refractivity contribution in [2.75, 3.05) is 5.73 Å². The van der Waals surface area contributed by atoms with Gasteiger partial charge in [0.15, 0.2) is 0 Å². The minimum absolute atomic E-state index is 0.0824. The minimum Gasteiger partial charge on any atom is -0.475 e. The van der Waals surface area contributed by atoms with E-state index in [2.05, 4.69) is 0 Å². The Morgan fingerprint density at radius 1 is 1.50 bits per heavy atom. The number of aromatic carboxylic acids is 1. The molecular formula is C10H9NO3. The predicted molar refractivity (Wildman–Crippen MR) is 52.3 cm³/mol. The van der Waals surface area contributed by atoms with Crippen LogP contribution in [0, 0.1) is 6.92 Å². The van der Waals surface area contributed by atoms with Crippen LogP contribution in [0.4, 0.5) is 5.69 Å². The van der Waals surface area contributed by atoms with Crippen molar-refractivity contribution >= 4 is 22.6 Å². The molecule has 0 saturated carbocycles. The zero-order chi connectivity index (χ0) is 10.3. The topological polar surface area (TPSA) is 76.5 Å². The van der Waals surface area contributed by atoms with Crippen LogP contribution in [0.25, 0.3) is 11.0 Å². The van der Waals surface area contributed by atoms with Crippen LogP contribution in [-0.2, 0) is 0 Å². The molecule has 4 nitrogen and oxygen atoms in total. The van der Waals surface area contributed by atoms with Gasteiger partial charge in [-0.3, -0.25) is 0 Å². The summed E-state index contributed by atoms with van der Waals surface area (Å²) in [5.74, 6) is -1.17. The second-order valence-electron chi connectivity index (χ2n) is 3.13. The molecule has 4 heteroatoms. The SMILES string of the molecule is Cc1ccc(N)c2cc(C(=O)O)oc12. The second kappa shape index (κ2) is 2.77. The van der Waals surface area contributed by atoms with Crippen LogP contribution in [0.3, 0.4) is 0 Å². The molecule has 2 rings (SSSR count). The molecule has 1 heterocycles. The van der Waals surface area contributed by atoms with Crippen molar-refractivity contribution in [2.45, 2.75) is 6.92 Å². The van der Waals surface area contributed by atoms with Gasteiger partial charge in [0.05, 0.1) is 0 Å². The zero-order valence-corrected chi connectivity index (χ0v) is 7.57. The Hall–Kier alpha value is -1.97. The summed E-state index contributed by atoms with van der Waals surface area (Å²) < 4.78 is 5.16. The van der Waals surface area contributed by atoms with Gasteiger partial charge >= 0.3 is 5.97 Å². The van der Waals surface area contributed by atoms with Gasteiger partial charge in [0, 0.05) is 17.1 Å². The lowest BCUT2D eigenvalue weighted by Crippen LogP contribution is -1.91. The van der Waals surface area contributed by atoms with Crippen molar-refractivity contribution in [3.63, 3.8) is 0 Å². The summed E-state index contributed by atoms with van der Waals surface area (Å²) in [7, 11) is 0. The average molecular weight is 191 g/mol. The van der Waals surface area contributed by atoms with Crippen LogP contribution >= 0.6 is 0 Å². The van der Waals surface area contributed by atoms with Crippen LogP contribution in [0.2, 0.25) is 0 Å². The van der Waals surface area contributed by atoms with E-state index in [0.29, 0.717) is 16.7 Å². The van der Waals surface area contributed by atoms with Gasteiger partial charge < -0.3 is 15.3 Å². The third-order valence-electron chi connectivity index (χ3n) is 2.12. The van der Waals surface area contributed by atoms with Gasteiger partial charge in [-0.15, -0.1) is 0 Å². The van der Waals surface area contributed by atoms with E-state index in [9.17, 15) is 4.79 Å². The van der Waals surface area contributed by atoms with E-state index >= 15 is 0 Å². The maximum absolute atomic E-state index is 10.7. The maximum Gasteiger partial charge on any atom is 0.371 e. The third-order valence-corrected chi connectivity index (χ3v) is 2.12. The van der Waals surface area contributed by atoms with Crippen molar-refractivity contribution in [1.29, 1.82) is 0 Å². The highest BCUT2D eigenvalue weighted by Crippen LogP contribution is 2.27. The Balaban J connectivity index is 2.82. The summed E-state index contributed by atoms with van der Waals surface area (Å²) >= 11 is 0. The standard InChI is InChI=1S/C10H9NO3/c1-5-2-3-7(11)6-4-8(10(12)13)14-9(5)6/h2-4H,11H2,1H3,(H,12,13). The lowest BCUT2D eigenvalue weighted by Gasteiger charge is -1.96. The number of nitrogens with two attached hydrogens (primary N) is 1. The summed E-state index contributed by atoms with van der Waals surface area (Å²) in [5.41, 5.74) is 7.64. The molecule has 3 N–H and O–H groups in total. The van der Waals surface area contributed by atoms with E-state index in [1.807, 2.05) is 6.92 Å². The molecule has 0 aliphatic rings. The van der Waals surface area contributed by atoms with Gasteiger partial charge in [0.1, 0.15) is 5.58 Å². The fraction of sp³-hybridized carbons (Fsp3) is 0.100. The quantitative estimate of drug-likeness (QED) is 0.676. The largest absolute Gasteiger partial charge is 0.475 e. The normalized spacial score (nSPS) is 10.6. The molecule has 0 radical (unpaired) electrons. The number of carboxylic acid groups (broad SMARTS) is 1. The number of benzene rings is 1. The number of carbonyl (C=O) groups is 1. The second-order valence-corrected chi connectivity index (χ2v) is 3.13. The molecule has 0 aliphatic heterocycles. The first-order chi connectivity index (χ1) is 6.59. The van der Waals surface area contributed by atoms with Gasteiger partial charge in [0.2, 0.25) is 5.76 Å². The number of aryl methyl sites for hydroxylation is 1. The van der Waals surface area contributed by atoms with Gasteiger partial charge in [0.25, 0.3) is 0 Å². The number of anilines is 1. The van der Waals surface area contributed by atoms with Gasteiger partial charge in [-0.1, -0.05) is 6.07 Å². The summed E-state index contributed by atoms with van der Waals surface area (Å²) in [6, 6.07) is 4.98. The number of nitrogen functional groups attached to an aromatic ring is 1. The van der Waals surface area contributed by atoms with E-state index in [0.717, 1.165) is 5.56 Å². The Morgan fingerprint density at radius 3 is 2.79 bits per heavy atom. The van der Waals surface area contributed by atoms with Crippen molar-refractivity contribution in [2.24, 2.45) is 0 Å². The molecule has 2 aromatic rings. The molecule has 1 aromatic heterocycles. The maximum atomic E-state index is 10.7. The minimum atomic E-state index is -1.08. The average Bonchev–Trinajstić information content (AvgIpc) is 2.57. The highest BCUT2D eigenvalue weighted by molar-refractivity contribution is 5.97. The van der Waals surface area contributed by atoms with E-state index in [4.69, 9.17) is 15.3 Å². The Kier molecular flexibility index (Phi) is 1.70. The highest BCUT2D eigenvalue weighted by Gasteiger charge is 2.13. The van der Waals surface area contributed by atoms with Crippen LogP contribution in [0.5, 0.6) is 0 Å². The number of hydrogen-bond donors (Lipinski definition) is 2. The Bertz CT molecular complexity index is 474. The highest BCUT2D eigenvalue weighted by atomic mass is 16.4. The summed E-state index contributed by atoms with van der Waals surface area (Å²) in [6.45, 7) is 1.84. The van der Waals surface area contributed by atoms with Crippen LogP contribution in [0.1, 0.15) is 16.1 Å². The fourth-order valence-electron chi connectivity index (χ4n) is 1.38. The number of rotatable bonds is 1. The lowest BCUT2D eigenvalue weighted by atomic mass is 10.1. The molecule has 0 atom stereocenters. The molecule has 0 saturated heterocycles. The number of hydrogen-bond acceptors (Lipinski definition) is 3. The summed E-state index contributed by atoms with van der Waals surface area (Å²) in [5, 5.41) is 9.39. The molecule has 14 heavy (non-hydrogen) atoms. The molecule has 0 bridgehead atoms. The van der Waals surface area contributed by atoms with Crippen molar-refractivity contribution in [3.8, 4) is 0 Å². The van der Waals surface area contributed by atoms with E-state index < -0.39 is 5.97 Å². The lowest BCUT2D eigenvalue weighted by molar-refractivity contribution is 0.0665. The molecule has 1 aromatic carbocycles. The first-order valence-corrected chi connectivity index (χ1v) is 4.11. The molecule has 0 aliphatic carbocycles. The predicted octanol–water partition coefficient (Wildman–Crippen LogP) is 2.02. The monoisotopic (exact) mass is 191 g/mol. The molecule has 72 valence electrons. The fourth-order valence-corrected chi connectivity index (χ4v) is 1.38. The van der Waals surface area contributed by atoms with Crippen LogP contribution in [0.15, 0.2) is 22.6 Å². The summed E-state index contributed by atoms with van der Waals surface area (Å²) in [6.07, 6.45) is 0. The van der Waals surface area contributed by atoms with Crippen molar-refractivity contribution in [1.82, 2.24) is 0 Å². The van der Waals surface area contributed by atoms with Gasteiger partial charge in [-0.2, -0.15) is 0 Å². The Morgan fingerprint density at radius 2 is 2.21 bits per heavy atom. The number of furan rings is 1. The van der Waals surface area contributed by atoms with Crippen molar-refractivity contribution < 1.29 is 14.3 Å². The number of fused-ring (bicyclic) bond motifs is 1. The van der Waals surface area contributed by atoms with E-state index in [-0.39, 0.29) is 5.76 Å². The van der Waals surface area contributed by atoms with Crippen molar-refractivity contribution in [3.05, 3.63) is 29.5 Å². The van der Waals surface area contributed by atoms with E-state index in [1.165, 1.54) is 6.07 Å². The summed E-state index contributed by atoms with van der Waals surface area (Å²) in [4.78, 5) is 10.7. The molecule has 0 fully saturated rings. The van der Waals surface area contributed by atoms with Crippen LogP contribution < -0.4 is 5.73 Å².